The number of benzene rings is 1. The molecular weight excluding hydrogens is 290 g/mol. The normalized spacial score (nSPS) is 12.4. The van der Waals surface area contributed by atoms with Crippen molar-refractivity contribution in [1.82, 2.24) is 0 Å². The van der Waals surface area contributed by atoms with Gasteiger partial charge in [0, 0.05) is 0 Å². The monoisotopic (exact) mass is 300 g/mol. The molecule has 1 aromatic carbocycles. The van der Waals surface area contributed by atoms with Gasteiger partial charge >= 0.3 is 0 Å². The summed E-state index contributed by atoms with van der Waals surface area (Å²) in [5, 5.41) is 4.70. The van der Waals surface area contributed by atoms with E-state index in [0.29, 0.717) is 12.1 Å². The molecule has 1 rings (SSSR count). The van der Waals surface area contributed by atoms with Crippen LogP contribution in [0.5, 0.6) is 0 Å². The van der Waals surface area contributed by atoms with Gasteiger partial charge in [-0.1, -0.05) is 0 Å². The van der Waals surface area contributed by atoms with Crippen molar-refractivity contribution in [1.29, 1.82) is 0 Å². The van der Waals surface area contributed by atoms with E-state index in [9.17, 15) is 25.6 Å². The number of hydrogen-bond donors (Lipinski definition) is 2. The van der Waals surface area contributed by atoms with Gasteiger partial charge in [-0.25, -0.2) is 30.8 Å². The topological polar surface area (TPSA) is 106 Å². The molecule has 6 nitrogen and oxygen atoms in total. The van der Waals surface area contributed by atoms with Gasteiger partial charge in [-0.05, 0) is 19.1 Å². The fourth-order valence-electron chi connectivity index (χ4n) is 1.04. The second-order valence-electron chi connectivity index (χ2n) is 3.31. The zero-order valence-electron chi connectivity index (χ0n) is 9.14. The highest BCUT2D eigenvalue weighted by molar-refractivity contribution is 7.92. The molecule has 1 aromatic rings. The van der Waals surface area contributed by atoms with E-state index >= 15 is 0 Å². The molecule has 0 aliphatic rings. The molecule has 0 saturated carbocycles. The standard InChI is InChI=1S/C8H10F2N2O4S2/c1-2-17(13,14)12-8-6(9)3-5(4-7(8)10)18(11,15)16/h3-4,12H,2H2,1H3,(H2,11,15,16). The van der Waals surface area contributed by atoms with Crippen molar-refractivity contribution in [3.63, 3.8) is 0 Å². The van der Waals surface area contributed by atoms with Gasteiger partial charge in [0.25, 0.3) is 0 Å². The van der Waals surface area contributed by atoms with Gasteiger partial charge < -0.3 is 0 Å². The Morgan fingerprint density at radius 3 is 1.94 bits per heavy atom. The van der Waals surface area contributed by atoms with E-state index in [2.05, 4.69) is 0 Å². The van der Waals surface area contributed by atoms with Crippen LogP contribution in [0.4, 0.5) is 14.5 Å². The van der Waals surface area contributed by atoms with Crippen molar-refractivity contribution in [3.05, 3.63) is 23.8 Å². The maximum absolute atomic E-state index is 13.4. The summed E-state index contributed by atoms with van der Waals surface area (Å²) < 4.78 is 72.6. The van der Waals surface area contributed by atoms with Crippen molar-refractivity contribution in [2.24, 2.45) is 5.14 Å². The highest BCUT2D eigenvalue weighted by Crippen LogP contribution is 2.23. The highest BCUT2D eigenvalue weighted by Gasteiger charge is 2.19. The minimum Gasteiger partial charge on any atom is -0.278 e. The van der Waals surface area contributed by atoms with Crippen molar-refractivity contribution in [2.75, 3.05) is 10.5 Å². The SMILES string of the molecule is CCS(=O)(=O)Nc1c(F)cc(S(N)(=O)=O)cc1F. The lowest BCUT2D eigenvalue weighted by molar-refractivity contribution is 0.571. The second kappa shape index (κ2) is 4.78. The first kappa shape index (κ1) is 14.8. The molecule has 0 aromatic heterocycles. The number of sulfonamides is 2. The van der Waals surface area contributed by atoms with Crippen LogP contribution >= 0.6 is 0 Å². The summed E-state index contributed by atoms with van der Waals surface area (Å²) in [6.45, 7) is 1.27. The second-order valence-corrected chi connectivity index (χ2v) is 6.88. The molecule has 0 radical (unpaired) electrons. The molecule has 0 unspecified atom stereocenters. The number of rotatable bonds is 4. The van der Waals surface area contributed by atoms with Gasteiger partial charge in [0.15, 0.2) is 11.6 Å². The minimum atomic E-state index is -4.27. The first-order valence-electron chi connectivity index (χ1n) is 4.59. The molecule has 0 atom stereocenters. The van der Waals surface area contributed by atoms with Crippen LogP contribution in [0, 0.1) is 11.6 Å². The molecule has 0 bridgehead atoms. The maximum Gasteiger partial charge on any atom is 0.238 e. The van der Waals surface area contributed by atoms with Crippen LogP contribution in [0.15, 0.2) is 17.0 Å². The molecule has 0 amide bonds. The van der Waals surface area contributed by atoms with E-state index in [4.69, 9.17) is 5.14 Å². The van der Waals surface area contributed by atoms with Crippen LogP contribution in [-0.2, 0) is 20.0 Å². The number of nitrogens with two attached hydrogens (primary N) is 1. The summed E-state index contributed by atoms with van der Waals surface area (Å²) >= 11 is 0. The Bertz CT molecular complexity index is 647. The van der Waals surface area contributed by atoms with Crippen LogP contribution < -0.4 is 9.86 Å². The first-order valence-corrected chi connectivity index (χ1v) is 7.79. The van der Waals surface area contributed by atoms with Crippen LogP contribution in [0.25, 0.3) is 0 Å². The zero-order valence-corrected chi connectivity index (χ0v) is 10.8. The van der Waals surface area contributed by atoms with Crippen LogP contribution in [0.2, 0.25) is 0 Å². The Kier molecular flexibility index (Phi) is 3.93. The van der Waals surface area contributed by atoms with Gasteiger partial charge in [-0.3, -0.25) is 4.72 Å². The molecule has 0 saturated heterocycles. The lowest BCUT2D eigenvalue weighted by Crippen LogP contribution is -2.18. The smallest absolute Gasteiger partial charge is 0.238 e. The average Bonchev–Trinajstić information content (AvgIpc) is 2.22. The third-order valence-corrected chi connectivity index (χ3v) is 4.15. The summed E-state index contributed by atoms with van der Waals surface area (Å²) in [5.74, 6) is -3.12. The zero-order chi connectivity index (χ0) is 14.1. The number of anilines is 1. The van der Waals surface area contributed by atoms with Gasteiger partial charge in [0.2, 0.25) is 20.0 Å². The first-order chi connectivity index (χ1) is 8.07. The largest absolute Gasteiger partial charge is 0.278 e. The van der Waals surface area contributed by atoms with E-state index in [0.717, 1.165) is 0 Å². The molecule has 0 fully saturated rings. The maximum atomic E-state index is 13.4. The van der Waals surface area contributed by atoms with E-state index in [1.807, 2.05) is 0 Å². The van der Waals surface area contributed by atoms with Gasteiger partial charge in [0.05, 0.1) is 10.6 Å². The molecule has 3 N–H and O–H groups in total. The molecule has 102 valence electrons. The number of hydrogen-bond acceptors (Lipinski definition) is 4. The van der Waals surface area contributed by atoms with Gasteiger partial charge in [-0.15, -0.1) is 0 Å². The fourth-order valence-corrected chi connectivity index (χ4v) is 2.23. The van der Waals surface area contributed by atoms with E-state index in [1.54, 1.807) is 4.72 Å². The summed E-state index contributed by atoms with van der Waals surface area (Å²) in [7, 11) is -8.15. The average molecular weight is 300 g/mol. The van der Waals surface area contributed by atoms with Gasteiger partial charge in [-0.2, -0.15) is 0 Å². The van der Waals surface area contributed by atoms with Crippen LogP contribution in [-0.4, -0.2) is 22.6 Å². The predicted octanol–water partition coefficient (Wildman–Crippen LogP) is 0.374. The van der Waals surface area contributed by atoms with Crippen molar-refractivity contribution in [2.45, 2.75) is 11.8 Å². The number of nitrogens with one attached hydrogen (secondary N) is 1. The van der Waals surface area contributed by atoms with Gasteiger partial charge in [0.1, 0.15) is 5.69 Å². The Morgan fingerprint density at radius 2 is 1.61 bits per heavy atom. The Hall–Kier alpha value is -1.26. The highest BCUT2D eigenvalue weighted by atomic mass is 32.2. The molecule has 0 aliphatic heterocycles. The van der Waals surface area contributed by atoms with Crippen LogP contribution in [0.3, 0.4) is 0 Å². The molecule has 18 heavy (non-hydrogen) atoms. The number of primary sulfonamides is 1. The Labute approximate surface area is 103 Å². The third-order valence-electron chi connectivity index (χ3n) is 1.98. The number of halogens is 2. The molecule has 0 heterocycles. The molecule has 0 spiro atoms. The van der Waals surface area contributed by atoms with E-state index in [-0.39, 0.29) is 5.75 Å². The lowest BCUT2D eigenvalue weighted by Gasteiger charge is -2.09. The Balaban J connectivity index is 3.35. The van der Waals surface area contributed by atoms with E-state index in [1.165, 1.54) is 6.92 Å². The van der Waals surface area contributed by atoms with Crippen LogP contribution in [0.1, 0.15) is 6.92 Å². The van der Waals surface area contributed by atoms with E-state index < -0.39 is 42.3 Å². The minimum absolute atomic E-state index is 0.386. The quantitative estimate of drug-likeness (QED) is 0.838. The van der Waals surface area contributed by atoms with Crippen molar-refractivity contribution >= 4 is 25.7 Å². The lowest BCUT2D eigenvalue weighted by atomic mass is 10.3. The molecule has 10 heteroatoms. The summed E-state index contributed by atoms with van der Waals surface area (Å²) in [6, 6.07) is 0.873. The fraction of sp³-hybridized carbons (Fsp3) is 0.250. The summed E-state index contributed by atoms with van der Waals surface area (Å²) in [6.07, 6.45) is 0. The third kappa shape index (κ3) is 3.37. The summed E-state index contributed by atoms with van der Waals surface area (Å²) in [5.41, 5.74) is -0.941. The van der Waals surface area contributed by atoms with Crippen molar-refractivity contribution < 1.29 is 25.6 Å². The predicted molar refractivity (Wildman–Crippen MR) is 60.8 cm³/mol. The Morgan fingerprint density at radius 1 is 1.17 bits per heavy atom. The van der Waals surface area contributed by atoms with Crippen molar-refractivity contribution in [3.8, 4) is 0 Å². The summed E-state index contributed by atoms with van der Waals surface area (Å²) in [4.78, 5) is -0.781. The molecule has 0 aliphatic carbocycles. The molecular formula is C8H10F2N2O4S2.